The molecule has 0 unspecified atom stereocenters. The first kappa shape index (κ1) is 32.6. The molecule has 0 amide bonds. The molecule has 0 aliphatic rings. The summed E-state index contributed by atoms with van der Waals surface area (Å²) in [6, 6.07) is 30.7. The van der Waals surface area contributed by atoms with Crippen LogP contribution in [-0.2, 0) is 23.3 Å². The van der Waals surface area contributed by atoms with Crippen molar-refractivity contribution in [2.75, 3.05) is 0 Å². The van der Waals surface area contributed by atoms with E-state index < -0.39 is 0 Å². The largest absolute Gasteiger partial charge is 1.00 e. The molecule has 0 heterocycles. The summed E-state index contributed by atoms with van der Waals surface area (Å²) < 4.78 is 0. The Morgan fingerprint density at radius 1 is 0.694 bits per heavy atom. The van der Waals surface area contributed by atoms with Gasteiger partial charge in [0, 0.05) is 0 Å². The minimum Gasteiger partial charge on any atom is -1.00 e. The molecule has 5 rings (SSSR count). The van der Waals surface area contributed by atoms with Crippen molar-refractivity contribution in [3.8, 4) is 11.1 Å². The molecule has 5 aromatic rings. The molecule has 0 nitrogen and oxygen atoms in total. The maximum atomic E-state index is 2.31. The van der Waals surface area contributed by atoms with Crippen molar-refractivity contribution in [2.45, 2.75) is 53.6 Å². The van der Waals surface area contributed by atoms with Gasteiger partial charge in [0.1, 0.15) is 0 Å². The molecule has 36 heavy (non-hydrogen) atoms. The van der Waals surface area contributed by atoms with Crippen molar-refractivity contribution in [2.24, 2.45) is 0 Å². The average Bonchev–Trinajstić information content (AvgIpc) is 3.38. The molecule has 0 aliphatic carbocycles. The van der Waals surface area contributed by atoms with E-state index in [1.54, 1.807) is 23.3 Å². The van der Waals surface area contributed by atoms with Crippen molar-refractivity contribution in [1.82, 2.24) is 0 Å². The molecule has 4 heteroatoms. The molecule has 0 atom stereocenters. The van der Waals surface area contributed by atoms with E-state index in [-0.39, 0.29) is 30.2 Å². The predicted octanol–water partition coefficient (Wildman–Crippen LogP) is 3.63. The van der Waals surface area contributed by atoms with Crippen LogP contribution in [0.4, 0.5) is 0 Å². The van der Waals surface area contributed by atoms with Crippen LogP contribution in [0.3, 0.4) is 0 Å². The summed E-state index contributed by atoms with van der Waals surface area (Å²) in [5.41, 5.74) is 8.39. The van der Waals surface area contributed by atoms with Gasteiger partial charge < -0.3 is 24.8 Å². The quantitative estimate of drug-likeness (QED) is 0.212. The zero-order valence-electron chi connectivity index (χ0n) is 22.4. The first-order valence-electron chi connectivity index (χ1n) is 12.1. The number of halogens is 2. The van der Waals surface area contributed by atoms with E-state index in [9.17, 15) is 0 Å². The number of aryl methyl sites for hydroxylation is 3. The molecular formula is C32H36Cl2SiZr-2. The minimum absolute atomic E-state index is 0. The molecule has 0 aromatic heterocycles. The van der Waals surface area contributed by atoms with Crippen molar-refractivity contribution in [1.29, 1.82) is 0 Å². The van der Waals surface area contributed by atoms with Gasteiger partial charge in [-0.2, -0.15) is 12.1 Å². The average molecular weight is 611 g/mol. The molecule has 188 valence electrons. The van der Waals surface area contributed by atoms with Gasteiger partial charge in [0.2, 0.25) is 0 Å². The zero-order valence-corrected chi connectivity index (χ0v) is 27.4. The topological polar surface area (TPSA) is 0 Å². The second-order valence-electron chi connectivity index (χ2n) is 9.68. The molecule has 0 N–H and O–H groups in total. The molecule has 0 saturated carbocycles. The fraction of sp³-hybridized carbons (Fsp3) is 0.250. The van der Waals surface area contributed by atoms with Crippen LogP contribution in [0.2, 0.25) is 13.1 Å². The fourth-order valence-electron chi connectivity index (χ4n) is 4.28. The van der Waals surface area contributed by atoms with Gasteiger partial charge in [-0.15, -0.1) is 69.1 Å². The molecule has 0 bridgehead atoms. The van der Waals surface area contributed by atoms with Crippen LogP contribution in [-0.4, -0.2) is 5.43 Å². The molecule has 5 aromatic carbocycles. The third kappa shape index (κ3) is 8.56. The molecular weight excluding hydrogens is 575 g/mol. The number of fused-ring (bicyclic) bond motifs is 2. The summed E-state index contributed by atoms with van der Waals surface area (Å²) in [6.07, 6.45) is 0. The Labute approximate surface area is 245 Å². The van der Waals surface area contributed by atoms with Gasteiger partial charge >= 0.3 is 41.9 Å². The van der Waals surface area contributed by atoms with Gasteiger partial charge in [-0.05, 0) is 25.3 Å². The van der Waals surface area contributed by atoms with E-state index in [1.165, 1.54) is 54.9 Å². The van der Waals surface area contributed by atoms with E-state index >= 15 is 0 Å². The maximum absolute atomic E-state index is 2.31. The van der Waals surface area contributed by atoms with Gasteiger partial charge in [0.15, 0.2) is 0 Å². The van der Waals surface area contributed by atoms with Gasteiger partial charge in [0.05, 0.1) is 0 Å². The van der Waals surface area contributed by atoms with E-state index in [0.29, 0.717) is 5.92 Å². The summed E-state index contributed by atoms with van der Waals surface area (Å²) in [5, 5.41) is 5.50. The third-order valence-electron chi connectivity index (χ3n) is 5.96. The molecule has 0 fully saturated rings. The van der Waals surface area contributed by atoms with Crippen molar-refractivity contribution in [3.63, 3.8) is 0 Å². The fourth-order valence-corrected chi connectivity index (χ4v) is 4.28. The summed E-state index contributed by atoms with van der Waals surface area (Å²) >= 11 is 1.74. The van der Waals surface area contributed by atoms with Crippen LogP contribution >= 0.6 is 0 Å². The second kappa shape index (κ2) is 15.1. The second-order valence-corrected chi connectivity index (χ2v) is 19.1. The molecule has 0 spiro atoms. The Balaban J connectivity index is 0.000000306. The van der Waals surface area contributed by atoms with Gasteiger partial charge in [-0.3, -0.25) is 0 Å². The monoisotopic (exact) mass is 608 g/mol. The van der Waals surface area contributed by atoms with E-state index in [2.05, 4.69) is 133 Å². The SMILES string of the molecule is C[Si](C)=[Zr+2].Cc1cc2c(-c3ccccc3)c(C)ccc2[cH-]1.Cc1cccc2[cH-]c(C(C)C)cc12.[Cl-].[Cl-]. The van der Waals surface area contributed by atoms with E-state index in [1.807, 2.05) is 0 Å². The molecule has 0 aliphatic heterocycles. The Morgan fingerprint density at radius 3 is 1.89 bits per heavy atom. The standard InChI is InChI=1S/C17H15.C13H15.C2H6Si.2ClH.Zr/c1-12-10-15-9-8-13(2)17(16(15)11-12)14-6-4-3-5-7-14;1-9(2)12-7-11-6-4-5-10(3)13(11)8-12;1-3-2;;;/h3-11H,1-2H3;4-9H,1-3H3;1-2H3;2*1H;/q2*-1;;;;+2/p-2. The Kier molecular flexibility index (Phi) is 13.7. The van der Waals surface area contributed by atoms with Gasteiger partial charge in [0.25, 0.3) is 0 Å². The van der Waals surface area contributed by atoms with Crippen molar-refractivity contribution < 1.29 is 48.1 Å². The normalized spacial score (nSPS) is 10.1. The number of hydrogen-bond donors (Lipinski definition) is 0. The van der Waals surface area contributed by atoms with Gasteiger partial charge in [-0.1, -0.05) is 73.9 Å². The van der Waals surface area contributed by atoms with Crippen LogP contribution in [0, 0.1) is 20.8 Å². The smallest absolute Gasteiger partial charge is 0.0276 e. The zero-order chi connectivity index (χ0) is 24.8. The van der Waals surface area contributed by atoms with Crippen molar-refractivity contribution in [3.05, 3.63) is 107 Å². The van der Waals surface area contributed by atoms with Crippen LogP contribution < -0.4 is 24.8 Å². The molecule has 0 radical (unpaired) electrons. The summed E-state index contributed by atoms with van der Waals surface area (Å²) in [4.78, 5) is 0. The Morgan fingerprint density at radius 2 is 1.31 bits per heavy atom. The number of benzene rings is 3. The maximum Gasteiger partial charge on any atom is -0.0276 e. The molecule has 0 saturated heterocycles. The van der Waals surface area contributed by atoms with Crippen LogP contribution in [0.25, 0.3) is 32.7 Å². The van der Waals surface area contributed by atoms with Gasteiger partial charge in [-0.25, -0.2) is 0 Å². The first-order chi connectivity index (χ1) is 16.2. The minimum atomic E-state index is 0. The number of hydrogen-bond acceptors (Lipinski definition) is 0. The van der Waals surface area contributed by atoms with E-state index in [4.69, 9.17) is 0 Å². The Hall–Kier alpha value is -1.44. The van der Waals surface area contributed by atoms with Crippen molar-refractivity contribution >= 4 is 27.0 Å². The Bertz CT molecular complexity index is 1390. The van der Waals surface area contributed by atoms with Crippen LogP contribution in [0.5, 0.6) is 0 Å². The first-order valence-corrected chi connectivity index (χ1v) is 18.3. The third-order valence-corrected chi connectivity index (χ3v) is 5.96. The summed E-state index contributed by atoms with van der Waals surface area (Å²) in [7, 11) is 0. The predicted molar refractivity (Wildman–Crippen MR) is 150 cm³/mol. The number of rotatable bonds is 2. The summed E-state index contributed by atoms with van der Waals surface area (Å²) in [6.45, 7) is 15.6. The van der Waals surface area contributed by atoms with Crippen LogP contribution in [0.1, 0.15) is 42.0 Å². The summed E-state index contributed by atoms with van der Waals surface area (Å²) in [5.74, 6) is 0.631. The van der Waals surface area contributed by atoms with Crippen LogP contribution in [0.15, 0.2) is 84.9 Å². The van der Waals surface area contributed by atoms with E-state index in [0.717, 1.165) is 0 Å².